The third-order valence-electron chi connectivity index (χ3n) is 3.12. The Morgan fingerprint density at radius 2 is 1.81 bits per heavy atom. The maximum absolute atomic E-state index is 12.0. The number of rotatable bonds is 7. The van der Waals surface area contributed by atoms with E-state index in [0.717, 1.165) is 0 Å². The predicted molar refractivity (Wildman–Crippen MR) is 93.4 cm³/mol. The third-order valence-corrected chi connectivity index (χ3v) is 3.36. The molecule has 1 N–H and O–H groups in total. The minimum Gasteiger partial charge on any atom is -0.496 e. The molecule has 7 nitrogen and oxygen atoms in total. The zero-order chi connectivity index (χ0) is 18.9. The van der Waals surface area contributed by atoms with E-state index >= 15 is 0 Å². The molecule has 2 amide bonds. The van der Waals surface area contributed by atoms with Gasteiger partial charge in [-0.05, 0) is 30.3 Å². The van der Waals surface area contributed by atoms with Gasteiger partial charge in [-0.1, -0.05) is 29.8 Å². The number of carbonyl (C=O) groups excluding carboxylic acids is 3. The van der Waals surface area contributed by atoms with Gasteiger partial charge in [-0.2, -0.15) is 0 Å². The van der Waals surface area contributed by atoms with Crippen molar-refractivity contribution in [2.75, 3.05) is 20.3 Å². The summed E-state index contributed by atoms with van der Waals surface area (Å²) in [5, 5.41) is 2.58. The van der Waals surface area contributed by atoms with E-state index in [1.54, 1.807) is 36.4 Å². The van der Waals surface area contributed by atoms with Crippen LogP contribution in [0.1, 0.15) is 10.4 Å². The summed E-state index contributed by atoms with van der Waals surface area (Å²) in [5.74, 6) is -1.46. The fraction of sp³-hybridized carbons (Fsp3) is 0.167. The first kappa shape index (κ1) is 19.3. The highest BCUT2D eigenvalue weighted by atomic mass is 35.5. The van der Waals surface area contributed by atoms with Gasteiger partial charge in [0.05, 0.1) is 12.7 Å². The first-order valence-electron chi connectivity index (χ1n) is 7.51. The number of amides is 2. The lowest BCUT2D eigenvalue weighted by atomic mass is 10.2. The molecule has 2 aromatic carbocycles. The average Bonchev–Trinajstić information content (AvgIpc) is 2.64. The fourth-order valence-electron chi connectivity index (χ4n) is 1.95. The Labute approximate surface area is 154 Å². The second-order valence-corrected chi connectivity index (χ2v) is 5.42. The Balaban J connectivity index is 1.77. The largest absolute Gasteiger partial charge is 0.496 e. The first-order chi connectivity index (χ1) is 12.5. The Bertz CT molecular complexity index is 808. The molecule has 0 bridgehead atoms. The molecule has 0 spiro atoms. The minimum atomic E-state index is -0.767. The number of esters is 1. The molecular formula is C18H16ClNO6. The maximum Gasteiger partial charge on any atom is 0.344 e. The van der Waals surface area contributed by atoms with Crippen LogP contribution in [0.5, 0.6) is 11.5 Å². The van der Waals surface area contributed by atoms with Gasteiger partial charge in [0.1, 0.15) is 11.5 Å². The number of carbonyl (C=O) groups is 3. The van der Waals surface area contributed by atoms with Crippen LogP contribution in [-0.2, 0) is 14.3 Å². The number of imide groups is 1. The molecule has 26 heavy (non-hydrogen) atoms. The van der Waals surface area contributed by atoms with Crippen LogP contribution in [0.25, 0.3) is 0 Å². The molecule has 136 valence electrons. The normalized spacial score (nSPS) is 9.92. The van der Waals surface area contributed by atoms with Crippen molar-refractivity contribution in [1.29, 1.82) is 0 Å². The van der Waals surface area contributed by atoms with E-state index in [-0.39, 0.29) is 5.56 Å². The standard InChI is InChI=1S/C18H16ClNO6/c1-24-15-8-3-2-7-14(15)18(23)20-16(21)10-26-17(22)11-25-13-6-4-5-12(19)9-13/h2-9H,10-11H2,1H3,(H,20,21,23). The van der Waals surface area contributed by atoms with Crippen LogP contribution in [0.3, 0.4) is 0 Å². The molecule has 0 aromatic heterocycles. The fourth-order valence-corrected chi connectivity index (χ4v) is 2.13. The average molecular weight is 378 g/mol. The van der Waals surface area contributed by atoms with Crippen LogP contribution in [-0.4, -0.2) is 38.1 Å². The molecule has 0 aliphatic heterocycles. The van der Waals surface area contributed by atoms with Gasteiger partial charge in [0.2, 0.25) is 0 Å². The summed E-state index contributed by atoms with van der Waals surface area (Å²) >= 11 is 5.79. The molecule has 0 fully saturated rings. The van der Waals surface area contributed by atoms with E-state index in [1.165, 1.54) is 19.2 Å². The lowest BCUT2D eigenvalue weighted by Gasteiger charge is -2.09. The molecular weight excluding hydrogens is 362 g/mol. The van der Waals surface area contributed by atoms with Crippen molar-refractivity contribution >= 4 is 29.4 Å². The molecule has 0 aliphatic rings. The number of ether oxygens (including phenoxy) is 3. The van der Waals surface area contributed by atoms with Gasteiger partial charge in [0.15, 0.2) is 13.2 Å². The smallest absolute Gasteiger partial charge is 0.344 e. The SMILES string of the molecule is COc1ccccc1C(=O)NC(=O)COC(=O)COc1cccc(Cl)c1. The summed E-state index contributed by atoms with van der Waals surface area (Å²) in [6, 6.07) is 12.9. The van der Waals surface area contributed by atoms with E-state index < -0.39 is 31.0 Å². The van der Waals surface area contributed by atoms with Gasteiger partial charge >= 0.3 is 5.97 Å². The molecule has 0 aliphatic carbocycles. The Hall–Kier alpha value is -3.06. The summed E-state index contributed by atoms with van der Waals surface area (Å²) in [4.78, 5) is 35.4. The molecule has 0 radical (unpaired) electrons. The summed E-state index contributed by atoms with van der Waals surface area (Å²) < 4.78 is 15.0. The number of halogens is 1. The summed E-state index contributed by atoms with van der Waals surface area (Å²) in [7, 11) is 1.41. The second-order valence-electron chi connectivity index (χ2n) is 4.98. The summed E-state index contributed by atoms with van der Waals surface area (Å²) in [5.41, 5.74) is 0.193. The van der Waals surface area contributed by atoms with Crippen molar-refractivity contribution in [2.24, 2.45) is 0 Å². The van der Waals surface area contributed by atoms with Crippen molar-refractivity contribution in [3.05, 3.63) is 59.1 Å². The highest BCUT2D eigenvalue weighted by Crippen LogP contribution is 2.17. The number of nitrogens with one attached hydrogen (secondary N) is 1. The monoisotopic (exact) mass is 377 g/mol. The topological polar surface area (TPSA) is 90.9 Å². The number of hydrogen-bond donors (Lipinski definition) is 1. The zero-order valence-electron chi connectivity index (χ0n) is 13.9. The number of methoxy groups -OCH3 is 1. The highest BCUT2D eigenvalue weighted by molar-refractivity contribution is 6.30. The van der Waals surface area contributed by atoms with Gasteiger partial charge in [0, 0.05) is 5.02 Å². The Morgan fingerprint density at radius 1 is 1.04 bits per heavy atom. The second kappa shape index (κ2) is 9.43. The maximum atomic E-state index is 12.0. The van der Waals surface area contributed by atoms with E-state index in [4.69, 9.17) is 25.8 Å². The van der Waals surface area contributed by atoms with Crippen molar-refractivity contribution < 1.29 is 28.6 Å². The number of benzene rings is 2. The lowest BCUT2D eigenvalue weighted by molar-refractivity contribution is -0.150. The van der Waals surface area contributed by atoms with Gasteiger partial charge < -0.3 is 14.2 Å². The first-order valence-corrected chi connectivity index (χ1v) is 7.88. The molecule has 0 unspecified atom stereocenters. The molecule has 0 atom stereocenters. The molecule has 0 saturated carbocycles. The van der Waals surface area contributed by atoms with Crippen molar-refractivity contribution in [1.82, 2.24) is 5.32 Å². The number of hydrogen-bond acceptors (Lipinski definition) is 6. The van der Waals surface area contributed by atoms with E-state index in [9.17, 15) is 14.4 Å². The Kier molecular flexibility index (Phi) is 6.99. The molecule has 0 heterocycles. The Morgan fingerprint density at radius 3 is 2.54 bits per heavy atom. The number of para-hydroxylation sites is 1. The quantitative estimate of drug-likeness (QED) is 0.744. The van der Waals surface area contributed by atoms with Crippen LogP contribution in [0.4, 0.5) is 0 Å². The minimum absolute atomic E-state index is 0.193. The van der Waals surface area contributed by atoms with Crippen LogP contribution in [0.15, 0.2) is 48.5 Å². The zero-order valence-corrected chi connectivity index (χ0v) is 14.6. The molecule has 8 heteroatoms. The molecule has 0 saturated heterocycles. The van der Waals surface area contributed by atoms with Crippen molar-refractivity contribution in [2.45, 2.75) is 0 Å². The predicted octanol–water partition coefficient (Wildman–Crippen LogP) is 2.23. The van der Waals surface area contributed by atoms with Crippen LogP contribution in [0.2, 0.25) is 5.02 Å². The van der Waals surface area contributed by atoms with Crippen LogP contribution in [0, 0.1) is 0 Å². The van der Waals surface area contributed by atoms with Gasteiger partial charge in [-0.3, -0.25) is 14.9 Å². The highest BCUT2D eigenvalue weighted by Gasteiger charge is 2.16. The van der Waals surface area contributed by atoms with Crippen LogP contribution < -0.4 is 14.8 Å². The summed E-state index contributed by atoms with van der Waals surface area (Å²) in [6.45, 7) is -1.01. The van der Waals surface area contributed by atoms with Gasteiger partial charge in [-0.25, -0.2) is 4.79 Å². The lowest BCUT2D eigenvalue weighted by Crippen LogP contribution is -2.34. The summed E-state index contributed by atoms with van der Waals surface area (Å²) in [6.07, 6.45) is 0. The van der Waals surface area contributed by atoms with Gasteiger partial charge in [-0.15, -0.1) is 0 Å². The van der Waals surface area contributed by atoms with Crippen molar-refractivity contribution in [3.63, 3.8) is 0 Å². The van der Waals surface area contributed by atoms with E-state index in [2.05, 4.69) is 5.32 Å². The van der Waals surface area contributed by atoms with Crippen LogP contribution >= 0.6 is 11.6 Å². The van der Waals surface area contributed by atoms with Crippen molar-refractivity contribution in [3.8, 4) is 11.5 Å². The molecule has 2 rings (SSSR count). The van der Waals surface area contributed by atoms with E-state index in [1.807, 2.05) is 0 Å². The third kappa shape index (κ3) is 5.78. The van der Waals surface area contributed by atoms with Gasteiger partial charge in [0.25, 0.3) is 11.8 Å². The molecule has 2 aromatic rings. The van der Waals surface area contributed by atoms with E-state index in [0.29, 0.717) is 16.5 Å².